The number of ether oxygens (including phenoxy) is 1. The van der Waals surface area contributed by atoms with E-state index in [1.807, 2.05) is 38.1 Å². The van der Waals surface area contributed by atoms with Crippen molar-refractivity contribution >= 4 is 47.1 Å². The monoisotopic (exact) mass is 568 g/mol. The second-order valence-electron chi connectivity index (χ2n) is 11.1. The van der Waals surface area contributed by atoms with E-state index < -0.39 is 28.9 Å². The Morgan fingerprint density at radius 2 is 1.82 bits per heavy atom. The number of likely N-dealkylation sites (tertiary alicyclic amines) is 1. The molecule has 12 heteroatoms. The summed E-state index contributed by atoms with van der Waals surface area (Å²) in [5.41, 5.74) is 0.298. The lowest BCUT2D eigenvalue weighted by atomic mass is 9.69. The van der Waals surface area contributed by atoms with Crippen molar-refractivity contribution < 1.29 is 23.9 Å². The third-order valence-corrected chi connectivity index (χ3v) is 6.91. The molecule has 0 radical (unpaired) electrons. The van der Waals surface area contributed by atoms with E-state index >= 15 is 0 Å². The van der Waals surface area contributed by atoms with Crippen molar-refractivity contribution in [2.45, 2.75) is 51.6 Å². The van der Waals surface area contributed by atoms with E-state index in [1.165, 1.54) is 24.2 Å². The van der Waals surface area contributed by atoms with E-state index in [0.717, 1.165) is 11.1 Å². The van der Waals surface area contributed by atoms with Crippen molar-refractivity contribution in [3.63, 3.8) is 0 Å². The third-order valence-electron chi connectivity index (χ3n) is 6.70. The number of rotatable bonds is 5. The first-order chi connectivity index (χ1) is 18.8. The molecular weight excluding hydrogens is 536 g/mol. The summed E-state index contributed by atoms with van der Waals surface area (Å²) in [5.74, 6) is -1.04. The predicted molar refractivity (Wildman–Crippen MR) is 150 cm³/mol. The lowest BCUT2D eigenvalue weighted by Crippen LogP contribution is -2.68. The number of benzene rings is 1. The summed E-state index contributed by atoms with van der Waals surface area (Å²) in [5, 5.41) is 5.54. The lowest BCUT2D eigenvalue weighted by Gasteiger charge is -2.51. The number of pyridine rings is 1. The zero-order valence-corrected chi connectivity index (χ0v) is 24.1. The van der Waals surface area contributed by atoms with Crippen LogP contribution in [0, 0.1) is 0 Å². The number of aliphatic imine (C=N–C) groups is 1. The number of aromatic nitrogens is 1. The highest BCUT2D eigenvalue weighted by atomic mass is 35.5. The van der Waals surface area contributed by atoms with Crippen LogP contribution in [0.2, 0.25) is 5.15 Å². The largest absolute Gasteiger partial charge is 0.443 e. The molecule has 40 heavy (non-hydrogen) atoms. The van der Waals surface area contributed by atoms with Gasteiger partial charge >= 0.3 is 6.09 Å². The fourth-order valence-electron chi connectivity index (χ4n) is 4.83. The maximum absolute atomic E-state index is 14.1. The maximum Gasteiger partial charge on any atom is 0.417 e. The van der Waals surface area contributed by atoms with Gasteiger partial charge in [0.2, 0.25) is 11.9 Å². The van der Waals surface area contributed by atoms with Crippen LogP contribution in [0.4, 0.5) is 10.5 Å². The van der Waals surface area contributed by atoms with Gasteiger partial charge in [0.15, 0.2) is 0 Å². The lowest BCUT2D eigenvalue weighted by molar-refractivity contribution is -0.126. The first-order valence-electron chi connectivity index (χ1n) is 12.9. The second-order valence-corrected chi connectivity index (χ2v) is 11.5. The van der Waals surface area contributed by atoms with E-state index in [4.69, 9.17) is 16.3 Å². The molecular formula is C28H33ClN6O5. The molecule has 11 nitrogen and oxygen atoms in total. The molecule has 1 aromatic carbocycles. The standard InChI is InChI=1S/C28H33ClN6O5/c1-16(2)17-9-7-8-10-19(17)28(24(38)32-20-12-31-21(29)11-18(20)23(37)30-6)14-34(15-28)25-33-22(36)13-35(25)26(39)40-27(3,4)5/h7-12,16H,13-15H2,1-6H3,(H,30,37)(H,32,38). The number of hydrogen-bond donors (Lipinski definition) is 2. The molecule has 3 heterocycles. The van der Waals surface area contributed by atoms with E-state index in [2.05, 4.69) is 20.6 Å². The van der Waals surface area contributed by atoms with Crippen molar-refractivity contribution in [2.75, 3.05) is 32.0 Å². The summed E-state index contributed by atoms with van der Waals surface area (Å²) < 4.78 is 5.48. The summed E-state index contributed by atoms with van der Waals surface area (Å²) in [6, 6.07) is 9.04. The highest BCUT2D eigenvalue weighted by molar-refractivity contribution is 6.30. The van der Waals surface area contributed by atoms with E-state index in [9.17, 15) is 19.2 Å². The molecule has 2 N–H and O–H groups in total. The van der Waals surface area contributed by atoms with E-state index in [0.29, 0.717) is 0 Å². The number of hydrogen-bond acceptors (Lipinski definition) is 7. The quantitative estimate of drug-likeness (QED) is 0.527. The Labute approximate surface area is 237 Å². The predicted octanol–water partition coefficient (Wildman–Crippen LogP) is 3.54. The summed E-state index contributed by atoms with van der Waals surface area (Å²) in [4.78, 5) is 62.8. The smallest absolute Gasteiger partial charge is 0.417 e. The number of carbonyl (C=O) groups is 4. The first-order valence-corrected chi connectivity index (χ1v) is 13.3. The fraction of sp³-hybridized carbons (Fsp3) is 0.429. The van der Waals surface area contributed by atoms with Crippen LogP contribution >= 0.6 is 11.6 Å². The molecule has 0 saturated carbocycles. The van der Waals surface area contributed by atoms with Crippen LogP contribution in [0.1, 0.15) is 62.0 Å². The van der Waals surface area contributed by atoms with Gasteiger partial charge in [0.25, 0.3) is 11.8 Å². The van der Waals surface area contributed by atoms with Gasteiger partial charge in [-0.25, -0.2) is 14.7 Å². The van der Waals surface area contributed by atoms with Gasteiger partial charge in [-0.3, -0.25) is 14.4 Å². The molecule has 4 amide bonds. The molecule has 0 spiro atoms. The number of nitrogens with one attached hydrogen (secondary N) is 2. The van der Waals surface area contributed by atoms with Crippen LogP contribution in [0.15, 0.2) is 41.5 Å². The molecule has 0 bridgehead atoms. The van der Waals surface area contributed by atoms with Crippen molar-refractivity contribution in [3.05, 3.63) is 58.4 Å². The maximum atomic E-state index is 14.1. The molecule has 0 unspecified atom stereocenters. The van der Waals surface area contributed by atoms with Gasteiger partial charge in [-0.15, -0.1) is 0 Å². The molecule has 212 valence electrons. The molecule has 0 atom stereocenters. The summed E-state index contributed by atoms with van der Waals surface area (Å²) in [6.45, 7) is 9.30. The number of anilines is 1. The zero-order valence-electron chi connectivity index (χ0n) is 23.4. The van der Waals surface area contributed by atoms with Gasteiger partial charge in [0, 0.05) is 20.1 Å². The zero-order chi connectivity index (χ0) is 29.4. The minimum Gasteiger partial charge on any atom is -0.443 e. The number of nitrogens with zero attached hydrogens (tertiary/aromatic N) is 4. The van der Waals surface area contributed by atoms with E-state index in [-0.39, 0.29) is 53.8 Å². The highest BCUT2D eigenvalue weighted by Crippen LogP contribution is 2.41. The Hall–Kier alpha value is -3.99. The van der Waals surface area contributed by atoms with Crippen LogP contribution in [0.3, 0.4) is 0 Å². The number of amides is 4. The van der Waals surface area contributed by atoms with Gasteiger partial charge < -0.3 is 20.3 Å². The van der Waals surface area contributed by atoms with Crippen LogP contribution in [-0.4, -0.2) is 76.8 Å². The molecule has 1 fully saturated rings. The molecule has 0 aliphatic carbocycles. The summed E-state index contributed by atoms with van der Waals surface area (Å²) >= 11 is 6.02. The Morgan fingerprint density at radius 1 is 1.15 bits per heavy atom. The Balaban J connectivity index is 1.70. The van der Waals surface area contributed by atoms with Gasteiger partial charge in [0.05, 0.1) is 17.4 Å². The highest BCUT2D eigenvalue weighted by Gasteiger charge is 2.55. The van der Waals surface area contributed by atoms with Gasteiger partial charge in [-0.2, -0.15) is 4.99 Å². The number of halogens is 1. The molecule has 2 aliphatic heterocycles. The van der Waals surface area contributed by atoms with Crippen molar-refractivity contribution in [1.29, 1.82) is 0 Å². The Bertz CT molecular complexity index is 1390. The van der Waals surface area contributed by atoms with Gasteiger partial charge in [0.1, 0.15) is 22.7 Å². The van der Waals surface area contributed by atoms with Crippen molar-refractivity contribution in [1.82, 2.24) is 20.1 Å². The average Bonchev–Trinajstić information content (AvgIpc) is 3.24. The molecule has 4 rings (SSSR count). The average molecular weight is 569 g/mol. The van der Waals surface area contributed by atoms with Crippen LogP contribution in [-0.2, 0) is 19.7 Å². The molecule has 2 aromatic rings. The SMILES string of the molecule is CNC(=O)c1cc(Cl)ncc1NC(=O)C1(c2ccccc2C(C)C)CN(C2=NC(=O)CN2C(=O)OC(C)(C)C)C1. The normalized spacial score (nSPS) is 16.4. The third kappa shape index (κ3) is 5.65. The minimum atomic E-state index is -1.09. The van der Waals surface area contributed by atoms with Crippen LogP contribution in [0.25, 0.3) is 0 Å². The second kappa shape index (κ2) is 10.9. The van der Waals surface area contributed by atoms with Gasteiger partial charge in [-0.05, 0) is 43.9 Å². The molecule has 1 aromatic heterocycles. The van der Waals surface area contributed by atoms with Crippen molar-refractivity contribution in [2.24, 2.45) is 4.99 Å². The van der Waals surface area contributed by atoms with Crippen LogP contribution < -0.4 is 10.6 Å². The molecule has 2 aliphatic rings. The van der Waals surface area contributed by atoms with E-state index in [1.54, 1.807) is 25.7 Å². The topological polar surface area (TPSA) is 133 Å². The van der Waals surface area contributed by atoms with Gasteiger partial charge in [-0.1, -0.05) is 49.7 Å². The minimum absolute atomic E-state index is 0.109. The first kappa shape index (κ1) is 29.0. The Kier molecular flexibility index (Phi) is 7.89. The Morgan fingerprint density at radius 3 is 2.45 bits per heavy atom. The number of carbonyl (C=O) groups excluding carboxylic acids is 4. The summed E-state index contributed by atoms with van der Waals surface area (Å²) in [7, 11) is 1.48. The van der Waals surface area contributed by atoms with Crippen LogP contribution in [0.5, 0.6) is 0 Å². The number of guanidine groups is 1. The van der Waals surface area contributed by atoms with Crippen molar-refractivity contribution in [3.8, 4) is 0 Å². The molecule has 1 saturated heterocycles. The summed E-state index contributed by atoms with van der Waals surface area (Å²) in [6.07, 6.45) is 0.650. The fourth-order valence-corrected chi connectivity index (χ4v) is 4.99.